The Bertz CT molecular complexity index is 833. The molecule has 1 heterocycles. The third kappa shape index (κ3) is 5.27. The lowest BCUT2D eigenvalue weighted by Crippen LogP contribution is -2.17. The van der Waals surface area contributed by atoms with Crippen molar-refractivity contribution in [2.24, 2.45) is 0 Å². The molecule has 0 bridgehead atoms. The van der Waals surface area contributed by atoms with Crippen LogP contribution in [0, 0.1) is 6.92 Å². The number of anilines is 1. The van der Waals surface area contributed by atoms with Crippen molar-refractivity contribution >= 4 is 38.1 Å². The van der Waals surface area contributed by atoms with E-state index in [4.69, 9.17) is 11.6 Å². The van der Waals surface area contributed by atoms with E-state index in [2.05, 4.69) is 19.7 Å². The number of hydrogen-bond acceptors (Lipinski definition) is 6. The minimum atomic E-state index is -3.92. The SMILES string of the molecule is Cc1c(Cl)cccc1S(=O)(=O)Nc1nnc(CCOC(F)C(F)F)s1. The third-order valence-electron chi connectivity index (χ3n) is 2.99. The Morgan fingerprint density at radius 2 is 2.04 bits per heavy atom. The molecule has 138 valence electrons. The van der Waals surface area contributed by atoms with E-state index in [1.54, 1.807) is 13.0 Å². The monoisotopic (exact) mass is 415 g/mol. The van der Waals surface area contributed by atoms with Crippen molar-refractivity contribution in [1.82, 2.24) is 10.2 Å². The Labute approximate surface area is 151 Å². The van der Waals surface area contributed by atoms with Crippen LogP contribution in [0.25, 0.3) is 0 Å². The van der Waals surface area contributed by atoms with Crippen LogP contribution in [-0.2, 0) is 21.2 Å². The van der Waals surface area contributed by atoms with E-state index in [0.29, 0.717) is 15.6 Å². The van der Waals surface area contributed by atoms with Gasteiger partial charge in [0.25, 0.3) is 22.8 Å². The highest BCUT2D eigenvalue weighted by molar-refractivity contribution is 7.93. The quantitative estimate of drug-likeness (QED) is 0.714. The predicted molar refractivity (Wildman–Crippen MR) is 87.5 cm³/mol. The molecule has 1 atom stereocenters. The molecule has 0 saturated heterocycles. The highest BCUT2D eigenvalue weighted by atomic mass is 35.5. The van der Waals surface area contributed by atoms with Gasteiger partial charge in [-0.3, -0.25) is 4.72 Å². The summed E-state index contributed by atoms with van der Waals surface area (Å²) in [5.74, 6) is 0. The van der Waals surface area contributed by atoms with E-state index < -0.39 is 22.8 Å². The number of rotatable bonds is 8. The Kier molecular flexibility index (Phi) is 6.60. The van der Waals surface area contributed by atoms with E-state index in [0.717, 1.165) is 11.3 Å². The number of hydrogen-bond donors (Lipinski definition) is 1. The van der Waals surface area contributed by atoms with Gasteiger partial charge in [0.1, 0.15) is 5.01 Å². The number of benzene rings is 1. The van der Waals surface area contributed by atoms with Crippen molar-refractivity contribution in [3.63, 3.8) is 0 Å². The second kappa shape index (κ2) is 8.30. The molecular weight excluding hydrogens is 403 g/mol. The minimum absolute atomic E-state index is 0.00251. The van der Waals surface area contributed by atoms with Gasteiger partial charge in [0.15, 0.2) is 0 Å². The fraction of sp³-hybridized carbons (Fsp3) is 0.385. The maximum Gasteiger partial charge on any atom is 0.293 e. The van der Waals surface area contributed by atoms with Crippen LogP contribution in [0.3, 0.4) is 0 Å². The average Bonchev–Trinajstić information content (AvgIpc) is 2.96. The summed E-state index contributed by atoms with van der Waals surface area (Å²) in [6.45, 7) is 1.23. The summed E-state index contributed by atoms with van der Waals surface area (Å²) in [6.07, 6.45) is -5.88. The highest BCUT2D eigenvalue weighted by Crippen LogP contribution is 2.26. The van der Waals surface area contributed by atoms with Crippen molar-refractivity contribution in [3.8, 4) is 0 Å². The second-order valence-corrected chi connectivity index (χ2v) is 7.90. The molecule has 12 heteroatoms. The van der Waals surface area contributed by atoms with Gasteiger partial charge in [-0.05, 0) is 24.6 Å². The largest absolute Gasteiger partial charge is 0.343 e. The normalized spacial score (nSPS) is 13.2. The summed E-state index contributed by atoms with van der Waals surface area (Å²) in [4.78, 5) is -0.00251. The lowest BCUT2D eigenvalue weighted by atomic mass is 10.2. The first-order chi connectivity index (χ1) is 11.7. The molecule has 2 rings (SSSR count). The number of sulfonamides is 1. The summed E-state index contributed by atoms with van der Waals surface area (Å²) in [7, 11) is -3.92. The molecule has 0 aliphatic heterocycles. The number of halogens is 4. The summed E-state index contributed by atoms with van der Waals surface area (Å²) in [5.41, 5.74) is 0.385. The zero-order chi connectivity index (χ0) is 18.6. The smallest absolute Gasteiger partial charge is 0.293 e. The zero-order valence-corrected chi connectivity index (χ0v) is 15.1. The van der Waals surface area contributed by atoms with Crippen molar-refractivity contribution in [2.45, 2.75) is 31.0 Å². The van der Waals surface area contributed by atoms with Gasteiger partial charge in [-0.2, -0.15) is 0 Å². The van der Waals surface area contributed by atoms with Crippen LogP contribution in [0.15, 0.2) is 23.1 Å². The van der Waals surface area contributed by atoms with Crippen LogP contribution in [0.5, 0.6) is 0 Å². The molecular formula is C13H13ClF3N3O3S2. The predicted octanol–water partition coefficient (Wildman–Crippen LogP) is 3.42. The number of ether oxygens (including phenoxy) is 1. The number of nitrogens with one attached hydrogen (secondary N) is 1. The van der Waals surface area contributed by atoms with Gasteiger partial charge in [0.2, 0.25) is 5.13 Å². The Balaban J connectivity index is 2.02. The van der Waals surface area contributed by atoms with Crippen LogP contribution in [0.1, 0.15) is 10.6 Å². The molecule has 1 aromatic heterocycles. The third-order valence-corrected chi connectivity index (χ3v) is 5.91. The Hall–Kier alpha value is -1.43. The van der Waals surface area contributed by atoms with Gasteiger partial charge >= 0.3 is 0 Å². The zero-order valence-electron chi connectivity index (χ0n) is 12.7. The lowest BCUT2D eigenvalue weighted by molar-refractivity contribution is -0.127. The number of aromatic nitrogens is 2. The fourth-order valence-electron chi connectivity index (χ4n) is 1.78. The molecule has 1 unspecified atom stereocenters. The first kappa shape index (κ1) is 19.9. The van der Waals surface area contributed by atoms with Gasteiger partial charge in [0.05, 0.1) is 11.5 Å². The fourth-order valence-corrected chi connectivity index (χ4v) is 4.23. The van der Waals surface area contributed by atoms with Gasteiger partial charge in [0, 0.05) is 11.4 Å². The maximum absolute atomic E-state index is 12.6. The first-order valence-corrected chi connectivity index (χ1v) is 9.52. The molecule has 0 radical (unpaired) electrons. The molecule has 0 aliphatic carbocycles. The maximum atomic E-state index is 12.6. The minimum Gasteiger partial charge on any atom is -0.343 e. The summed E-state index contributed by atoms with van der Waals surface area (Å²) in [6, 6.07) is 4.46. The van der Waals surface area contributed by atoms with Crippen molar-refractivity contribution in [1.29, 1.82) is 0 Å². The van der Waals surface area contributed by atoms with E-state index in [1.165, 1.54) is 12.1 Å². The van der Waals surface area contributed by atoms with Crippen molar-refractivity contribution in [2.75, 3.05) is 11.3 Å². The standard InChI is InChI=1S/C13H13ClF3N3O3S2/c1-7-8(14)3-2-4-9(7)25(21,22)20-13-19-18-10(24-13)5-6-23-12(17)11(15)16/h2-4,11-12H,5-6H2,1H3,(H,19,20). The van der Waals surface area contributed by atoms with Gasteiger partial charge in [-0.15, -0.1) is 10.2 Å². The van der Waals surface area contributed by atoms with E-state index in [-0.39, 0.29) is 23.1 Å². The molecule has 1 N–H and O–H groups in total. The topological polar surface area (TPSA) is 81.2 Å². The van der Waals surface area contributed by atoms with Crippen LogP contribution in [0.2, 0.25) is 5.02 Å². The van der Waals surface area contributed by atoms with Crippen LogP contribution in [-0.4, -0.2) is 38.0 Å². The summed E-state index contributed by atoms with van der Waals surface area (Å²) in [5, 5.41) is 7.96. The van der Waals surface area contributed by atoms with Crippen LogP contribution in [0.4, 0.5) is 18.3 Å². The Morgan fingerprint density at radius 1 is 1.32 bits per heavy atom. The molecule has 6 nitrogen and oxygen atoms in total. The van der Waals surface area contributed by atoms with Gasteiger partial charge < -0.3 is 4.74 Å². The number of nitrogens with zero attached hydrogens (tertiary/aromatic N) is 2. The molecule has 0 aliphatic rings. The molecule has 0 spiro atoms. The second-order valence-electron chi connectivity index (χ2n) is 4.78. The van der Waals surface area contributed by atoms with E-state index in [1.807, 2.05) is 0 Å². The van der Waals surface area contributed by atoms with Gasteiger partial charge in [-0.25, -0.2) is 21.6 Å². The van der Waals surface area contributed by atoms with E-state index >= 15 is 0 Å². The Morgan fingerprint density at radius 3 is 2.72 bits per heavy atom. The lowest BCUT2D eigenvalue weighted by Gasteiger charge is -2.08. The molecule has 0 saturated carbocycles. The highest BCUT2D eigenvalue weighted by Gasteiger charge is 2.21. The van der Waals surface area contributed by atoms with Crippen LogP contribution < -0.4 is 4.72 Å². The molecule has 2 aromatic rings. The van der Waals surface area contributed by atoms with Gasteiger partial charge in [-0.1, -0.05) is 29.0 Å². The first-order valence-electron chi connectivity index (χ1n) is 6.85. The molecule has 0 amide bonds. The number of alkyl halides is 3. The van der Waals surface area contributed by atoms with Crippen molar-refractivity contribution in [3.05, 3.63) is 33.8 Å². The average molecular weight is 416 g/mol. The molecule has 0 fully saturated rings. The van der Waals surface area contributed by atoms with Crippen molar-refractivity contribution < 1.29 is 26.3 Å². The summed E-state index contributed by atoms with van der Waals surface area (Å²) >= 11 is 6.81. The molecule has 25 heavy (non-hydrogen) atoms. The van der Waals surface area contributed by atoms with E-state index in [9.17, 15) is 21.6 Å². The molecule has 1 aromatic carbocycles. The van der Waals surface area contributed by atoms with Crippen LogP contribution >= 0.6 is 22.9 Å². The summed E-state index contributed by atoms with van der Waals surface area (Å²) < 4.78 is 67.8.